The summed E-state index contributed by atoms with van der Waals surface area (Å²) in [5, 5.41) is 0.980. The zero-order valence-electron chi connectivity index (χ0n) is 19.5. The fraction of sp³-hybridized carbons (Fsp3) is 0.444. The van der Waals surface area contributed by atoms with E-state index in [1.165, 1.54) is 24.8 Å². The van der Waals surface area contributed by atoms with Crippen LogP contribution < -0.4 is 10.3 Å². The number of aryl methyl sites for hydroxylation is 4. The minimum atomic E-state index is -0.0921. The van der Waals surface area contributed by atoms with Gasteiger partial charge in [-0.3, -0.25) is 4.79 Å². The van der Waals surface area contributed by atoms with Crippen molar-refractivity contribution in [2.45, 2.75) is 59.4 Å². The van der Waals surface area contributed by atoms with Gasteiger partial charge in [-0.05, 0) is 89.4 Å². The zero-order chi connectivity index (χ0) is 22.1. The Kier molecular flexibility index (Phi) is 6.19. The van der Waals surface area contributed by atoms with Gasteiger partial charge in [-0.2, -0.15) is 0 Å². The molecule has 1 unspecified atom stereocenters. The van der Waals surface area contributed by atoms with Gasteiger partial charge in [0.05, 0.1) is 17.7 Å². The number of nitrogens with one attached hydrogen (secondary N) is 1. The molecule has 0 radical (unpaired) electrons. The van der Waals surface area contributed by atoms with Crippen LogP contribution in [-0.4, -0.2) is 36.1 Å². The lowest BCUT2D eigenvalue weighted by atomic mass is 9.97. The van der Waals surface area contributed by atoms with Gasteiger partial charge in [0.1, 0.15) is 5.75 Å². The lowest BCUT2D eigenvalue weighted by Crippen LogP contribution is -2.37. The standard InChI is InChI=1S/C27H34N2O2/c1-17-12-18(2)14-21(13-17)25-26(31-11-9-22-8-6-7-10-29(22)5)23-15-19(3)20(4)16-24(23)28-27(25)30/h12-16,22H,6-11H2,1-5H3,(H,28,30). The van der Waals surface area contributed by atoms with Crippen LogP contribution in [0.1, 0.15) is 47.9 Å². The molecule has 0 amide bonds. The molecule has 31 heavy (non-hydrogen) atoms. The molecule has 4 nitrogen and oxygen atoms in total. The molecule has 1 atom stereocenters. The van der Waals surface area contributed by atoms with Gasteiger partial charge >= 0.3 is 0 Å². The van der Waals surface area contributed by atoms with E-state index in [1.807, 2.05) is 0 Å². The minimum absolute atomic E-state index is 0.0921. The Morgan fingerprint density at radius 3 is 2.42 bits per heavy atom. The van der Waals surface area contributed by atoms with E-state index in [1.54, 1.807) is 0 Å². The molecule has 3 aromatic rings. The number of nitrogens with zero attached hydrogens (tertiary/aromatic N) is 1. The van der Waals surface area contributed by atoms with Crippen molar-refractivity contribution in [2.75, 3.05) is 20.2 Å². The Bertz CT molecular complexity index is 1140. The molecule has 2 aromatic carbocycles. The Morgan fingerprint density at radius 2 is 1.71 bits per heavy atom. The first-order chi connectivity index (χ1) is 14.8. The quantitative estimate of drug-likeness (QED) is 0.580. The molecule has 1 aliphatic rings. The second kappa shape index (κ2) is 8.88. The molecule has 0 saturated carbocycles. The third-order valence-corrected chi connectivity index (χ3v) is 6.71. The third-order valence-electron chi connectivity index (χ3n) is 6.71. The van der Waals surface area contributed by atoms with Crippen molar-refractivity contribution < 1.29 is 4.74 Å². The van der Waals surface area contributed by atoms with Crippen molar-refractivity contribution in [2.24, 2.45) is 0 Å². The molecule has 0 bridgehead atoms. The second-order valence-electron chi connectivity index (χ2n) is 9.28. The van der Waals surface area contributed by atoms with Crippen molar-refractivity contribution in [3.63, 3.8) is 0 Å². The highest BCUT2D eigenvalue weighted by molar-refractivity contribution is 5.93. The maximum Gasteiger partial charge on any atom is 0.260 e. The van der Waals surface area contributed by atoms with Crippen LogP contribution in [0.4, 0.5) is 0 Å². The molecule has 4 rings (SSSR count). The largest absolute Gasteiger partial charge is 0.492 e. The van der Waals surface area contributed by atoms with Gasteiger partial charge in [-0.25, -0.2) is 0 Å². The Hall–Kier alpha value is -2.59. The van der Waals surface area contributed by atoms with Crippen LogP contribution in [0, 0.1) is 27.7 Å². The van der Waals surface area contributed by atoms with Gasteiger partial charge in [0.15, 0.2) is 0 Å². The molecular formula is C27H34N2O2. The smallest absolute Gasteiger partial charge is 0.260 e. The van der Waals surface area contributed by atoms with Crippen molar-refractivity contribution in [1.29, 1.82) is 0 Å². The van der Waals surface area contributed by atoms with E-state index in [0.717, 1.165) is 46.1 Å². The third kappa shape index (κ3) is 4.54. The monoisotopic (exact) mass is 418 g/mol. The summed E-state index contributed by atoms with van der Waals surface area (Å²) < 4.78 is 6.46. The predicted molar refractivity (Wildman–Crippen MR) is 129 cm³/mol. The summed E-state index contributed by atoms with van der Waals surface area (Å²) in [5.41, 5.74) is 6.95. The van der Waals surface area contributed by atoms with Gasteiger partial charge in [0.2, 0.25) is 0 Å². The number of hydrogen-bond donors (Lipinski definition) is 1. The van der Waals surface area contributed by atoms with Gasteiger partial charge in [-0.15, -0.1) is 0 Å². The van der Waals surface area contributed by atoms with Gasteiger partial charge in [-0.1, -0.05) is 35.7 Å². The predicted octanol–water partition coefficient (Wildman–Crippen LogP) is 5.68. The lowest BCUT2D eigenvalue weighted by molar-refractivity contribution is 0.153. The molecule has 0 aliphatic carbocycles. The highest BCUT2D eigenvalue weighted by Gasteiger charge is 2.21. The van der Waals surface area contributed by atoms with Crippen LogP contribution in [0.15, 0.2) is 35.1 Å². The van der Waals surface area contributed by atoms with E-state index in [-0.39, 0.29) is 5.56 Å². The average molecular weight is 419 g/mol. The van der Waals surface area contributed by atoms with E-state index < -0.39 is 0 Å². The van der Waals surface area contributed by atoms with Crippen LogP contribution in [0.25, 0.3) is 22.0 Å². The number of hydrogen-bond acceptors (Lipinski definition) is 3. The summed E-state index contributed by atoms with van der Waals surface area (Å²) in [4.78, 5) is 18.8. The highest BCUT2D eigenvalue weighted by Crippen LogP contribution is 2.35. The fourth-order valence-electron chi connectivity index (χ4n) is 4.87. The summed E-state index contributed by atoms with van der Waals surface area (Å²) in [7, 11) is 2.21. The normalized spacial score (nSPS) is 17.3. The van der Waals surface area contributed by atoms with E-state index in [4.69, 9.17) is 4.74 Å². The number of piperidine rings is 1. The van der Waals surface area contributed by atoms with Crippen molar-refractivity contribution >= 4 is 10.9 Å². The van der Waals surface area contributed by atoms with Crippen LogP contribution in [-0.2, 0) is 0 Å². The van der Waals surface area contributed by atoms with Crippen LogP contribution >= 0.6 is 0 Å². The Labute approximate surface area is 185 Å². The average Bonchev–Trinajstić information content (AvgIpc) is 2.70. The number of aromatic amines is 1. The van der Waals surface area contributed by atoms with E-state index in [9.17, 15) is 4.79 Å². The Morgan fingerprint density at radius 1 is 1.00 bits per heavy atom. The fourth-order valence-corrected chi connectivity index (χ4v) is 4.87. The summed E-state index contributed by atoms with van der Waals surface area (Å²) in [6, 6.07) is 11.0. The topological polar surface area (TPSA) is 45.3 Å². The first-order valence-corrected chi connectivity index (χ1v) is 11.4. The highest BCUT2D eigenvalue weighted by atomic mass is 16.5. The van der Waals surface area contributed by atoms with E-state index in [0.29, 0.717) is 24.0 Å². The number of ether oxygens (including phenoxy) is 1. The molecule has 164 valence electrons. The van der Waals surface area contributed by atoms with Gasteiger partial charge in [0, 0.05) is 11.4 Å². The number of H-pyrrole nitrogens is 1. The summed E-state index contributed by atoms with van der Waals surface area (Å²) >= 11 is 0. The van der Waals surface area contributed by atoms with Crippen LogP contribution in [0.5, 0.6) is 5.75 Å². The first kappa shape index (κ1) is 21.6. The summed E-state index contributed by atoms with van der Waals surface area (Å²) in [5.74, 6) is 0.713. The van der Waals surface area contributed by atoms with Crippen molar-refractivity contribution in [3.8, 4) is 16.9 Å². The number of benzene rings is 2. The SMILES string of the molecule is Cc1cc(C)cc(-c2c(OCCC3CCCCN3C)c3cc(C)c(C)cc3[nH]c2=O)c1. The number of pyridine rings is 1. The van der Waals surface area contributed by atoms with Crippen LogP contribution in [0.3, 0.4) is 0 Å². The van der Waals surface area contributed by atoms with Crippen molar-refractivity contribution in [1.82, 2.24) is 9.88 Å². The molecule has 1 aliphatic heterocycles. The number of aromatic nitrogens is 1. The maximum absolute atomic E-state index is 13.2. The molecule has 2 heterocycles. The number of fused-ring (bicyclic) bond motifs is 1. The number of rotatable bonds is 5. The minimum Gasteiger partial charge on any atom is -0.492 e. The molecule has 1 fully saturated rings. The molecular weight excluding hydrogens is 384 g/mol. The Balaban J connectivity index is 1.79. The summed E-state index contributed by atoms with van der Waals surface area (Å²) in [6.07, 6.45) is 4.76. The summed E-state index contributed by atoms with van der Waals surface area (Å²) in [6.45, 7) is 10.1. The van der Waals surface area contributed by atoms with Gasteiger partial charge < -0.3 is 14.6 Å². The molecule has 1 saturated heterocycles. The first-order valence-electron chi connectivity index (χ1n) is 11.4. The number of likely N-dealkylation sites (tertiary alicyclic amines) is 1. The molecule has 1 aromatic heterocycles. The van der Waals surface area contributed by atoms with E-state index >= 15 is 0 Å². The second-order valence-corrected chi connectivity index (χ2v) is 9.28. The molecule has 0 spiro atoms. The van der Waals surface area contributed by atoms with Crippen LogP contribution in [0.2, 0.25) is 0 Å². The van der Waals surface area contributed by atoms with Crippen molar-refractivity contribution in [3.05, 3.63) is 62.9 Å². The zero-order valence-corrected chi connectivity index (χ0v) is 19.5. The maximum atomic E-state index is 13.2. The van der Waals surface area contributed by atoms with Gasteiger partial charge in [0.25, 0.3) is 5.56 Å². The lowest BCUT2D eigenvalue weighted by Gasteiger charge is -2.32. The molecule has 4 heteroatoms. The van der Waals surface area contributed by atoms with E-state index in [2.05, 4.69) is 75.0 Å². The molecule has 1 N–H and O–H groups in total.